The Bertz CT molecular complexity index is 530. The highest BCUT2D eigenvalue weighted by atomic mass is 16.4. The molecule has 88 valence electrons. The van der Waals surface area contributed by atoms with Gasteiger partial charge in [-0.05, 0) is 12.1 Å². The Labute approximate surface area is 96.1 Å². The smallest absolute Gasteiger partial charge is 0.325 e. The lowest BCUT2D eigenvalue weighted by atomic mass is 10.4. The van der Waals surface area contributed by atoms with Crippen molar-refractivity contribution >= 4 is 17.6 Å². The Morgan fingerprint density at radius 1 is 1.53 bits per heavy atom. The Morgan fingerprint density at radius 3 is 3.00 bits per heavy atom. The van der Waals surface area contributed by atoms with E-state index in [4.69, 9.17) is 5.11 Å². The van der Waals surface area contributed by atoms with E-state index in [-0.39, 0.29) is 12.5 Å². The molecule has 0 atom stereocenters. The van der Waals surface area contributed by atoms with Gasteiger partial charge in [0, 0.05) is 12.4 Å². The molecular formula is C10H10N4O3. The molecule has 0 aliphatic rings. The van der Waals surface area contributed by atoms with Gasteiger partial charge in [0.15, 0.2) is 0 Å². The molecule has 0 saturated heterocycles. The van der Waals surface area contributed by atoms with Gasteiger partial charge >= 0.3 is 5.97 Å². The topological polar surface area (TPSA) is 100 Å². The summed E-state index contributed by atoms with van der Waals surface area (Å²) < 4.78 is 1.23. The molecule has 2 aromatic rings. The number of aromatic nitrogens is 3. The Balaban J connectivity index is 2.02. The van der Waals surface area contributed by atoms with E-state index in [9.17, 15) is 9.59 Å². The molecule has 0 fully saturated rings. The van der Waals surface area contributed by atoms with Crippen molar-refractivity contribution in [2.75, 3.05) is 5.32 Å². The first-order chi connectivity index (χ1) is 8.15. The molecular weight excluding hydrogens is 224 g/mol. The lowest BCUT2D eigenvalue weighted by Crippen LogP contribution is -2.12. The molecule has 7 nitrogen and oxygen atoms in total. The molecule has 0 aliphatic heterocycles. The summed E-state index contributed by atoms with van der Waals surface area (Å²) in [6, 6.07) is 3.35. The first kappa shape index (κ1) is 10.9. The van der Waals surface area contributed by atoms with Crippen LogP contribution < -0.4 is 5.32 Å². The quantitative estimate of drug-likeness (QED) is 0.719. The zero-order valence-corrected chi connectivity index (χ0v) is 8.75. The highest BCUT2D eigenvalue weighted by molar-refractivity contribution is 6.02. The van der Waals surface area contributed by atoms with Crippen LogP contribution in [0.15, 0.2) is 30.7 Å². The number of aliphatic carboxylic acids is 1. The van der Waals surface area contributed by atoms with Crippen LogP contribution >= 0.6 is 0 Å². The third-order valence-electron chi connectivity index (χ3n) is 2.03. The molecule has 7 heteroatoms. The van der Waals surface area contributed by atoms with E-state index >= 15 is 0 Å². The van der Waals surface area contributed by atoms with Crippen molar-refractivity contribution in [3.63, 3.8) is 0 Å². The number of anilines is 1. The van der Waals surface area contributed by atoms with Crippen LogP contribution in [0.3, 0.4) is 0 Å². The van der Waals surface area contributed by atoms with Gasteiger partial charge in [-0.25, -0.2) is 0 Å². The lowest BCUT2D eigenvalue weighted by molar-refractivity contribution is -0.137. The average Bonchev–Trinajstić information content (AvgIpc) is 2.87. The van der Waals surface area contributed by atoms with Crippen molar-refractivity contribution in [1.82, 2.24) is 14.8 Å². The number of hydrogen-bond acceptors (Lipinski definition) is 3. The third kappa shape index (κ3) is 2.71. The van der Waals surface area contributed by atoms with Gasteiger partial charge in [0.25, 0.3) is 5.91 Å². The number of nitrogens with zero attached hydrogens (tertiary/aromatic N) is 2. The number of amides is 1. The van der Waals surface area contributed by atoms with Gasteiger partial charge < -0.3 is 15.4 Å². The van der Waals surface area contributed by atoms with Crippen LogP contribution in [0.1, 0.15) is 10.5 Å². The van der Waals surface area contributed by atoms with E-state index in [2.05, 4.69) is 15.4 Å². The summed E-state index contributed by atoms with van der Waals surface area (Å²) >= 11 is 0. The maximum atomic E-state index is 11.6. The standard InChI is InChI=1S/C10H10N4O3/c15-9(16)6-14-5-7(4-12-14)13-10(17)8-2-1-3-11-8/h1-5,11H,6H2,(H,13,17)(H,15,16). The Kier molecular flexibility index (Phi) is 2.91. The molecule has 0 aromatic carbocycles. The molecule has 2 rings (SSSR count). The number of carboxylic acid groups (broad SMARTS) is 1. The summed E-state index contributed by atoms with van der Waals surface area (Å²) in [6.07, 6.45) is 4.49. The minimum atomic E-state index is -0.990. The van der Waals surface area contributed by atoms with Gasteiger partial charge in [-0.3, -0.25) is 14.3 Å². The summed E-state index contributed by atoms with van der Waals surface area (Å²) in [6.45, 7) is -0.238. The molecule has 0 saturated carbocycles. The minimum absolute atomic E-state index is 0.238. The number of aromatic amines is 1. The zero-order valence-electron chi connectivity index (χ0n) is 8.75. The van der Waals surface area contributed by atoms with Crippen molar-refractivity contribution in [3.05, 3.63) is 36.4 Å². The van der Waals surface area contributed by atoms with Crippen LogP contribution in [0.4, 0.5) is 5.69 Å². The molecule has 0 aliphatic carbocycles. The fraction of sp³-hybridized carbons (Fsp3) is 0.100. The van der Waals surface area contributed by atoms with Gasteiger partial charge in [-0.2, -0.15) is 5.10 Å². The first-order valence-electron chi connectivity index (χ1n) is 4.84. The van der Waals surface area contributed by atoms with Gasteiger partial charge in [0.1, 0.15) is 12.2 Å². The fourth-order valence-corrected chi connectivity index (χ4v) is 1.32. The maximum Gasteiger partial charge on any atom is 0.325 e. The average molecular weight is 234 g/mol. The second-order valence-electron chi connectivity index (χ2n) is 3.36. The van der Waals surface area contributed by atoms with E-state index in [1.54, 1.807) is 18.3 Å². The Hall–Kier alpha value is -2.57. The number of carboxylic acids is 1. The molecule has 2 heterocycles. The summed E-state index contributed by atoms with van der Waals surface area (Å²) in [4.78, 5) is 24.8. The lowest BCUT2D eigenvalue weighted by Gasteiger charge is -1.99. The predicted molar refractivity (Wildman–Crippen MR) is 58.6 cm³/mol. The van der Waals surface area contributed by atoms with Crippen LogP contribution in [0.2, 0.25) is 0 Å². The van der Waals surface area contributed by atoms with E-state index in [1.165, 1.54) is 17.1 Å². The monoisotopic (exact) mass is 234 g/mol. The van der Waals surface area contributed by atoms with Crippen LogP contribution in [0.25, 0.3) is 0 Å². The van der Waals surface area contributed by atoms with Crippen molar-refractivity contribution in [1.29, 1.82) is 0 Å². The van der Waals surface area contributed by atoms with E-state index in [0.29, 0.717) is 11.4 Å². The molecule has 0 bridgehead atoms. The summed E-state index contributed by atoms with van der Waals surface area (Å²) in [5.41, 5.74) is 0.877. The van der Waals surface area contributed by atoms with Gasteiger partial charge in [0.2, 0.25) is 0 Å². The van der Waals surface area contributed by atoms with Crippen molar-refractivity contribution in [3.8, 4) is 0 Å². The molecule has 3 N–H and O–H groups in total. The number of rotatable bonds is 4. The number of hydrogen-bond donors (Lipinski definition) is 3. The third-order valence-corrected chi connectivity index (χ3v) is 2.03. The second kappa shape index (κ2) is 4.52. The van der Waals surface area contributed by atoms with Gasteiger partial charge in [-0.1, -0.05) is 0 Å². The normalized spacial score (nSPS) is 10.1. The SMILES string of the molecule is O=C(O)Cn1cc(NC(=O)c2ccc[nH]2)cn1. The van der Waals surface area contributed by atoms with Crippen molar-refractivity contribution in [2.45, 2.75) is 6.54 Å². The van der Waals surface area contributed by atoms with Crippen LogP contribution in [-0.2, 0) is 11.3 Å². The molecule has 0 radical (unpaired) electrons. The molecule has 17 heavy (non-hydrogen) atoms. The van der Waals surface area contributed by atoms with Crippen molar-refractivity contribution in [2.24, 2.45) is 0 Å². The number of carbonyl (C=O) groups is 2. The second-order valence-corrected chi connectivity index (χ2v) is 3.36. The summed E-state index contributed by atoms with van der Waals surface area (Å²) in [5.74, 6) is -1.29. The van der Waals surface area contributed by atoms with E-state index in [1.807, 2.05) is 0 Å². The van der Waals surface area contributed by atoms with Crippen LogP contribution in [0, 0.1) is 0 Å². The molecule has 0 unspecified atom stereocenters. The largest absolute Gasteiger partial charge is 0.480 e. The summed E-state index contributed by atoms with van der Waals surface area (Å²) in [7, 11) is 0. The first-order valence-corrected chi connectivity index (χ1v) is 4.84. The van der Waals surface area contributed by atoms with Crippen LogP contribution in [0.5, 0.6) is 0 Å². The fourth-order valence-electron chi connectivity index (χ4n) is 1.32. The van der Waals surface area contributed by atoms with Crippen molar-refractivity contribution < 1.29 is 14.7 Å². The number of carbonyl (C=O) groups excluding carboxylic acids is 1. The minimum Gasteiger partial charge on any atom is -0.480 e. The molecule has 0 spiro atoms. The van der Waals surface area contributed by atoms with Gasteiger partial charge in [-0.15, -0.1) is 0 Å². The number of nitrogens with one attached hydrogen (secondary N) is 2. The predicted octanol–water partition coefficient (Wildman–Crippen LogP) is 0.548. The highest BCUT2D eigenvalue weighted by Crippen LogP contribution is 2.07. The van der Waals surface area contributed by atoms with Crippen LogP contribution in [-0.4, -0.2) is 31.7 Å². The van der Waals surface area contributed by atoms with E-state index in [0.717, 1.165) is 0 Å². The maximum absolute atomic E-state index is 11.6. The Morgan fingerprint density at radius 2 is 2.35 bits per heavy atom. The van der Waals surface area contributed by atoms with E-state index < -0.39 is 5.97 Å². The zero-order chi connectivity index (χ0) is 12.3. The van der Waals surface area contributed by atoms with Gasteiger partial charge in [0.05, 0.1) is 11.9 Å². The highest BCUT2D eigenvalue weighted by Gasteiger charge is 2.08. The molecule has 1 amide bonds. The summed E-state index contributed by atoms with van der Waals surface area (Å²) in [5, 5.41) is 14.9. The number of H-pyrrole nitrogens is 1. The molecule has 2 aromatic heterocycles.